The Hall–Kier alpha value is -1.86. The van der Waals surface area contributed by atoms with E-state index in [0.717, 1.165) is 45.7 Å². The molecule has 0 spiro atoms. The van der Waals surface area contributed by atoms with Crippen LogP contribution in [-0.4, -0.2) is 68.4 Å². The molecule has 2 saturated heterocycles. The van der Waals surface area contributed by atoms with Gasteiger partial charge in [0.1, 0.15) is 11.6 Å². The van der Waals surface area contributed by atoms with E-state index in [0.29, 0.717) is 31.4 Å². The highest BCUT2D eigenvalue weighted by molar-refractivity contribution is 5.89. The minimum absolute atomic E-state index is 0.189. The van der Waals surface area contributed by atoms with Crippen molar-refractivity contribution in [2.45, 2.75) is 19.8 Å². The van der Waals surface area contributed by atoms with Gasteiger partial charge in [0, 0.05) is 38.8 Å². The normalized spacial score (nSPS) is 21.5. The maximum Gasteiger partial charge on any atom is 0.321 e. The molecule has 2 fully saturated rings. The summed E-state index contributed by atoms with van der Waals surface area (Å²) in [6.45, 7) is 8.22. The number of ether oxygens (including phenoxy) is 2. The Kier molecular flexibility index (Phi) is 6.68. The summed E-state index contributed by atoms with van der Waals surface area (Å²) in [5.74, 6) is 0.440. The van der Waals surface area contributed by atoms with Crippen molar-refractivity contribution in [1.82, 2.24) is 9.80 Å². The number of amides is 2. The van der Waals surface area contributed by atoms with Gasteiger partial charge in [-0.05, 0) is 37.8 Å². The standard InChI is InChI=1S/C19H28FN3O3/c1-2-26-16-5-6-18(17(20)12-16)21-19(24)23-7-3-4-15(14-23)13-22-8-10-25-11-9-22/h5-6,12,15H,2-4,7-11,13-14H2,1H3,(H,21,24). The Morgan fingerprint density at radius 3 is 2.88 bits per heavy atom. The molecular weight excluding hydrogens is 337 g/mol. The number of nitrogens with zero attached hydrogens (tertiary/aromatic N) is 2. The number of anilines is 1. The van der Waals surface area contributed by atoms with Gasteiger partial charge in [-0.1, -0.05) is 0 Å². The van der Waals surface area contributed by atoms with E-state index in [4.69, 9.17) is 9.47 Å². The summed E-state index contributed by atoms with van der Waals surface area (Å²) in [7, 11) is 0. The van der Waals surface area contributed by atoms with E-state index in [1.807, 2.05) is 6.92 Å². The number of piperidine rings is 1. The van der Waals surface area contributed by atoms with E-state index < -0.39 is 5.82 Å². The average Bonchev–Trinajstić information content (AvgIpc) is 2.65. The lowest BCUT2D eigenvalue weighted by Crippen LogP contribution is -2.47. The first kappa shape index (κ1) is 18.9. The number of urea groups is 1. The van der Waals surface area contributed by atoms with Crippen LogP contribution in [0.4, 0.5) is 14.9 Å². The zero-order valence-corrected chi connectivity index (χ0v) is 15.4. The fourth-order valence-corrected chi connectivity index (χ4v) is 3.60. The van der Waals surface area contributed by atoms with Crippen LogP contribution in [0.2, 0.25) is 0 Å². The minimum Gasteiger partial charge on any atom is -0.494 e. The van der Waals surface area contributed by atoms with Crippen molar-refractivity contribution < 1.29 is 18.7 Å². The second-order valence-corrected chi connectivity index (χ2v) is 6.87. The highest BCUT2D eigenvalue weighted by atomic mass is 19.1. The first-order valence-corrected chi connectivity index (χ1v) is 9.44. The molecule has 1 aromatic carbocycles. The second kappa shape index (κ2) is 9.19. The maximum atomic E-state index is 14.2. The van der Waals surface area contributed by atoms with Gasteiger partial charge in [-0.15, -0.1) is 0 Å². The molecule has 7 heteroatoms. The molecule has 0 aliphatic carbocycles. The van der Waals surface area contributed by atoms with Crippen LogP contribution in [0.5, 0.6) is 5.75 Å². The molecule has 2 heterocycles. The summed E-state index contributed by atoms with van der Waals surface area (Å²) < 4.78 is 24.8. The highest BCUT2D eigenvalue weighted by Crippen LogP contribution is 2.23. The summed E-state index contributed by atoms with van der Waals surface area (Å²) in [4.78, 5) is 16.8. The van der Waals surface area contributed by atoms with Gasteiger partial charge in [0.05, 0.1) is 25.5 Å². The Labute approximate surface area is 154 Å². The maximum absolute atomic E-state index is 14.2. The van der Waals surface area contributed by atoms with Crippen LogP contribution in [-0.2, 0) is 4.74 Å². The van der Waals surface area contributed by atoms with E-state index in [-0.39, 0.29) is 11.7 Å². The van der Waals surface area contributed by atoms with E-state index >= 15 is 0 Å². The summed E-state index contributed by atoms with van der Waals surface area (Å²) >= 11 is 0. The number of rotatable bonds is 5. The zero-order valence-electron chi connectivity index (χ0n) is 15.4. The molecule has 144 valence electrons. The smallest absolute Gasteiger partial charge is 0.321 e. The van der Waals surface area contributed by atoms with E-state index in [2.05, 4.69) is 10.2 Å². The fourth-order valence-electron chi connectivity index (χ4n) is 3.60. The summed E-state index contributed by atoms with van der Waals surface area (Å²) in [6, 6.07) is 4.28. The number of benzene rings is 1. The van der Waals surface area contributed by atoms with Gasteiger partial charge < -0.3 is 19.7 Å². The Bertz CT molecular complexity index is 608. The molecule has 2 aliphatic rings. The van der Waals surface area contributed by atoms with Crippen LogP contribution in [0.1, 0.15) is 19.8 Å². The number of hydrogen-bond acceptors (Lipinski definition) is 4. The van der Waals surface area contributed by atoms with Crippen LogP contribution >= 0.6 is 0 Å². The molecule has 0 radical (unpaired) electrons. The van der Waals surface area contributed by atoms with E-state index in [1.165, 1.54) is 6.07 Å². The Balaban J connectivity index is 1.53. The Morgan fingerprint density at radius 2 is 2.15 bits per heavy atom. The van der Waals surface area contributed by atoms with E-state index in [1.54, 1.807) is 17.0 Å². The van der Waals surface area contributed by atoms with Gasteiger partial charge >= 0.3 is 6.03 Å². The second-order valence-electron chi connectivity index (χ2n) is 6.87. The van der Waals surface area contributed by atoms with Crippen LogP contribution in [0.15, 0.2) is 18.2 Å². The monoisotopic (exact) mass is 365 g/mol. The molecule has 3 rings (SSSR count). The largest absolute Gasteiger partial charge is 0.494 e. The van der Waals surface area contributed by atoms with Crippen molar-refractivity contribution in [1.29, 1.82) is 0 Å². The molecular formula is C19H28FN3O3. The molecule has 1 N–H and O–H groups in total. The number of carbonyl (C=O) groups is 1. The number of hydrogen-bond donors (Lipinski definition) is 1. The molecule has 1 unspecified atom stereocenters. The van der Waals surface area contributed by atoms with Crippen molar-refractivity contribution in [3.8, 4) is 5.75 Å². The fraction of sp³-hybridized carbons (Fsp3) is 0.632. The predicted molar refractivity (Wildman–Crippen MR) is 98.1 cm³/mol. The first-order valence-electron chi connectivity index (χ1n) is 9.44. The third-order valence-electron chi connectivity index (χ3n) is 4.92. The van der Waals surface area contributed by atoms with Gasteiger partial charge in [-0.3, -0.25) is 4.90 Å². The van der Waals surface area contributed by atoms with Crippen molar-refractivity contribution in [2.75, 3.05) is 57.9 Å². The average molecular weight is 365 g/mol. The number of nitrogens with one attached hydrogen (secondary N) is 1. The number of likely N-dealkylation sites (tertiary alicyclic amines) is 1. The molecule has 6 nitrogen and oxygen atoms in total. The summed E-state index contributed by atoms with van der Waals surface area (Å²) in [6.07, 6.45) is 2.10. The van der Waals surface area contributed by atoms with Gasteiger partial charge in [0.15, 0.2) is 0 Å². The van der Waals surface area contributed by atoms with Crippen LogP contribution in [0.25, 0.3) is 0 Å². The zero-order chi connectivity index (χ0) is 18.4. The summed E-state index contributed by atoms with van der Waals surface area (Å²) in [5.41, 5.74) is 0.189. The molecule has 0 saturated carbocycles. The topological polar surface area (TPSA) is 54.0 Å². The minimum atomic E-state index is -0.480. The van der Waals surface area contributed by atoms with Crippen LogP contribution < -0.4 is 10.1 Å². The molecule has 26 heavy (non-hydrogen) atoms. The Morgan fingerprint density at radius 1 is 1.35 bits per heavy atom. The van der Waals surface area contributed by atoms with Crippen LogP contribution in [0, 0.1) is 11.7 Å². The predicted octanol–water partition coefficient (Wildman–Crippen LogP) is 2.80. The molecule has 2 aliphatic heterocycles. The molecule has 1 aromatic rings. The van der Waals surface area contributed by atoms with Gasteiger partial charge in [-0.25, -0.2) is 9.18 Å². The lowest BCUT2D eigenvalue weighted by atomic mass is 9.97. The number of morpholine rings is 1. The molecule has 2 amide bonds. The third kappa shape index (κ3) is 5.08. The lowest BCUT2D eigenvalue weighted by molar-refractivity contribution is 0.0252. The quantitative estimate of drug-likeness (QED) is 0.872. The van der Waals surface area contributed by atoms with Crippen molar-refractivity contribution in [2.24, 2.45) is 5.92 Å². The molecule has 0 aromatic heterocycles. The van der Waals surface area contributed by atoms with Crippen LogP contribution in [0.3, 0.4) is 0 Å². The lowest BCUT2D eigenvalue weighted by Gasteiger charge is -2.36. The number of carbonyl (C=O) groups excluding carboxylic acids is 1. The summed E-state index contributed by atoms with van der Waals surface area (Å²) in [5, 5.41) is 2.70. The first-order chi connectivity index (χ1) is 12.7. The van der Waals surface area contributed by atoms with E-state index in [9.17, 15) is 9.18 Å². The van der Waals surface area contributed by atoms with Crippen molar-refractivity contribution in [3.63, 3.8) is 0 Å². The van der Waals surface area contributed by atoms with Gasteiger partial charge in [0.25, 0.3) is 0 Å². The molecule has 0 bridgehead atoms. The van der Waals surface area contributed by atoms with Gasteiger partial charge in [0.2, 0.25) is 0 Å². The van der Waals surface area contributed by atoms with Gasteiger partial charge in [-0.2, -0.15) is 0 Å². The van der Waals surface area contributed by atoms with Crippen molar-refractivity contribution in [3.05, 3.63) is 24.0 Å². The third-order valence-corrected chi connectivity index (χ3v) is 4.92. The van der Waals surface area contributed by atoms with Crippen molar-refractivity contribution >= 4 is 11.7 Å². The SMILES string of the molecule is CCOc1ccc(NC(=O)N2CCCC(CN3CCOCC3)C2)c(F)c1. The highest BCUT2D eigenvalue weighted by Gasteiger charge is 2.26. The molecule has 1 atom stereocenters. The number of halogens is 1.